The molecule has 0 aromatic heterocycles. The highest BCUT2D eigenvalue weighted by Gasteiger charge is 2.53. The van der Waals surface area contributed by atoms with Crippen LogP contribution in [0.25, 0.3) is 0 Å². The van der Waals surface area contributed by atoms with E-state index in [1.54, 1.807) is 0 Å². The van der Waals surface area contributed by atoms with Crippen molar-refractivity contribution in [3.8, 4) is 12.3 Å². The molecule has 2 rings (SSSR count). The Labute approximate surface area is 129 Å². The first-order chi connectivity index (χ1) is 10.1. The molecule has 1 saturated heterocycles. The highest BCUT2D eigenvalue weighted by Crippen LogP contribution is 2.39. The van der Waals surface area contributed by atoms with Crippen LogP contribution in [0.3, 0.4) is 0 Å². The Morgan fingerprint density at radius 2 is 1.86 bits per heavy atom. The first-order valence-electron chi connectivity index (χ1n) is 7.30. The molecule has 1 N–H and O–H groups in total. The van der Waals surface area contributed by atoms with Gasteiger partial charge in [0.05, 0.1) is 5.75 Å². The number of hydrogen-bond donors (Lipinski definition) is 1. The van der Waals surface area contributed by atoms with Crippen LogP contribution in [0.1, 0.15) is 38.5 Å². The molecule has 2 fully saturated rings. The fourth-order valence-corrected chi connectivity index (χ4v) is 3.57. The number of terminal acetylenes is 1. The number of nitrogens with one attached hydrogen (secondary N) is 1. The van der Waals surface area contributed by atoms with Crippen molar-refractivity contribution in [3.63, 3.8) is 0 Å². The quantitative estimate of drug-likeness (QED) is 0.488. The predicted octanol–water partition coefficient (Wildman–Crippen LogP) is 1.77. The van der Waals surface area contributed by atoms with Crippen LogP contribution < -0.4 is 5.32 Å². The minimum absolute atomic E-state index is 0.298. The number of imide groups is 2. The molecule has 1 saturated carbocycles. The van der Waals surface area contributed by atoms with Gasteiger partial charge in [-0.3, -0.25) is 19.8 Å². The lowest BCUT2D eigenvalue weighted by molar-refractivity contribution is -0.152. The van der Waals surface area contributed by atoms with Gasteiger partial charge in [-0.05, 0) is 12.8 Å². The molecular weight excluding hydrogens is 288 g/mol. The van der Waals surface area contributed by atoms with E-state index in [1.165, 1.54) is 16.7 Å². The highest BCUT2D eigenvalue weighted by atomic mass is 32.2. The third-order valence-electron chi connectivity index (χ3n) is 4.16. The van der Waals surface area contributed by atoms with Gasteiger partial charge in [0.1, 0.15) is 5.41 Å². The summed E-state index contributed by atoms with van der Waals surface area (Å²) in [5.74, 6) is 2.91. The van der Waals surface area contributed by atoms with Crippen molar-refractivity contribution < 1.29 is 14.4 Å². The van der Waals surface area contributed by atoms with Crippen molar-refractivity contribution in [2.24, 2.45) is 5.41 Å². The van der Waals surface area contributed by atoms with E-state index in [-0.39, 0.29) is 5.91 Å². The van der Waals surface area contributed by atoms with E-state index < -0.39 is 17.4 Å². The van der Waals surface area contributed by atoms with Crippen molar-refractivity contribution in [3.05, 3.63) is 0 Å². The van der Waals surface area contributed by atoms with Crippen molar-refractivity contribution in [2.45, 2.75) is 38.5 Å². The van der Waals surface area contributed by atoms with E-state index in [9.17, 15) is 14.4 Å². The van der Waals surface area contributed by atoms with Crippen LogP contribution >= 0.6 is 11.8 Å². The second-order valence-electron chi connectivity index (χ2n) is 5.47. The molecule has 6 heteroatoms. The number of amides is 4. The average molecular weight is 308 g/mol. The molecule has 1 aliphatic heterocycles. The number of nitrogens with zero attached hydrogens (tertiary/aromatic N) is 1. The Kier molecular flexibility index (Phi) is 5.29. The second-order valence-corrected chi connectivity index (χ2v) is 6.57. The largest absolute Gasteiger partial charge is 0.330 e. The van der Waals surface area contributed by atoms with Crippen molar-refractivity contribution >= 4 is 29.6 Å². The van der Waals surface area contributed by atoms with Crippen LogP contribution in [0.4, 0.5) is 4.79 Å². The molecular formula is C15H20N2O3S. The average Bonchev–Trinajstić information content (AvgIpc) is 2.72. The Morgan fingerprint density at radius 3 is 2.48 bits per heavy atom. The molecule has 2 aliphatic rings. The summed E-state index contributed by atoms with van der Waals surface area (Å²) in [6, 6.07) is -0.596. The number of carbonyl (C=O) groups is 3. The minimum atomic E-state index is -1.03. The van der Waals surface area contributed by atoms with Gasteiger partial charge in [-0.25, -0.2) is 4.79 Å². The van der Waals surface area contributed by atoms with Crippen molar-refractivity contribution in [2.75, 3.05) is 18.1 Å². The lowest BCUT2D eigenvalue weighted by Crippen LogP contribution is -2.64. The number of thioether (sulfide) groups is 1. The van der Waals surface area contributed by atoms with E-state index in [2.05, 4.69) is 11.2 Å². The van der Waals surface area contributed by atoms with Crippen LogP contribution in [-0.4, -0.2) is 40.8 Å². The molecule has 0 aromatic carbocycles. The lowest BCUT2D eigenvalue weighted by atomic mass is 9.77. The topological polar surface area (TPSA) is 66.5 Å². The lowest BCUT2D eigenvalue weighted by Gasteiger charge is -2.38. The Morgan fingerprint density at radius 1 is 1.19 bits per heavy atom. The van der Waals surface area contributed by atoms with Crippen molar-refractivity contribution in [1.29, 1.82) is 0 Å². The fourth-order valence-electron chi connectivity index (χ4n) is 2.99. The van der Waals surface area contributed by atoms with E-state index in [0.717, 1.165) is 25.7 Å². The molecule has 1 heterocycles. The molecule has 0 aromatic rings. The Balaban J connectivity index is 2.11. The molecule has 1 aliphatic carbocycles. The van der Waals surface area contributed by atoms with E-state index >= 15 is 0 Å². The molecule has 1 spiro atoms. The molecule has 0 atom stereocenters. The standard InChI is InChI=1S/C15H20N2O3S/c1-2-10-21-11-9-17-13(19)15(12(18)16-14(17)20)7-5-3-4-6-8-15/h1H,3-11H2,(H,16,18,20). The summed E-state index contributed by atoms with van der Waals surface area (Å²) < 4.78 is 0. The molecule has 0 bridgehead atoms. The summed E-state index contributed by atoms with van der Waals surface area (Å²) in [7, 11) is 0. The monoisotopic (exact) mass is 308 g/mol. The van der Waals surface area contributed by atoms with Gasteiger partial charge in [-0.1, -0.05) is 31.6 Å². The van der Waals surface area contributed by atoms with Gasteiger partial charge in [0.25, 0.3) is 0 Å². The smallest absolute Gasteiger partial charge is 0.277 e. The van der Waals surface area contributed by atoms with Gasteiger partial charge in [0.2, 0.25) is 11.8 Å². The van der Waals surface area contributed by atoms with Crippen LogP contribution in [0, 0.1) is 17.8 Å². The van der Waals surface area contributed by atoms with E-state index in [0.29, 0.717) is 30.9 Å². The maximum Gasteiger partial charge on any atom is 0.330 e. The first-order valence-corrected chi connectivity index (χ1v) is 8.46. The van der Waals surface area contributed by atoms with E-state index in [1.807, 2.05) is 0 Å². The summed E-state index contributed by atoms with van der Waals surface area (Å²) >= 11 is 1.50. The van der Waals surface area contributed by atoms with Crippen LogP contribution in [0.15, 0.2) is 0 Å². The van der Waals surface area contributed by atoms with E-state index in [4.69, 9.17) is 6.42 Å². The fraction of sp³-hybridized carbons (Fsp3) is 0.667. The van der Waals surface area contributed by atoms with Crippen LogP contribution in [0.2, 0.25) is 0 Å². The predicted molar refractivity (Wildman–Crippen MR) is 81.5 cm³/mol. The zero-order chi connectivity index (χ0) is 15.3. The number of barbiturate groups is 1. The summed E-state index contributed by atoms with van der Waals surface area (Å²) in [4.78, 5) is 38.1. The van der Waals surface area contributed by atoms with Gasteiger partial charge >= 0.3 is 6.03 Å². The molecule has 5 nitrogen and oxygen atoms in total. The number of hydrogen-bond acceptors (Lipinski definition) is 4. The maximum absolute atomic E-state index is 12.7. The minimum Gasteiger partial charge on any atom is -0.277 e. The van der Waals surface area contributed by atoms with Crippen molar-refractivity contribution in [1.82, 2.24) is 10.2 Å². The summed E-state index contributed by atoms with van der Waals surface area (Å²) in [5.41, 5.74) is -1.03. The highest BCUT2D eigenvalue weighted by molar-refractivity contribution is 7.99. The summed E-state index contributed by atoms with van der Waals surface area (Å²) in [5, 5.41) is 2.37. The number of rotatable bonds is 4. The molecule has 21 heavy (non-hydrogen) atoms. The second kappa shape index (κ2) is 6.99. The Hall–Kier alpha value is -1.48. The summed E-state index contributed by atoms with van der Waals surface area (Å²) in [6.07, 6.45) is 10.0. The summed E-state index contributed by atoms with van der Waals surface area (Å²) in [6.45, 7) is 0.298. The Bertz CT molecular complexity index is 476. The number of urea groups is 1. The molecule has 114 valence electrons. The zero-order valence-corrected chi connectivity index (χ0v) is 12.8. The first kappa shape index (κ1) is 15.9. The van der Waals surface area contributed by atoms with Gasteiger partial charge in [0, 0.05) is 12.3 Å². The third-order valence-corrected chi connectivity index (χ3v) is 5.00. The molecule has 4 amide bonds. The maximum atomic E-state index is 12.7. The van der Waals surface area contributed by atoms with Crippen LogP contribution in [0.5, 0.6) is 0 Å². The van der Waals surface area contributed by atoms with Crippen LogP contribution in [-0.2, 0) is 9.59 Å². The zero-order valence-electron chi connectivity index (χ0n) is 12.0. The number of carbonyl (C=O) groups excluding carboxylic acids is 3. The molecule has 0 radical (unpaired) electrons. The normalized spacial score (nSPS) is 21.9. The van der Waals surface area contributed by atoms with Gasteiger partial charge < -0.3 is 0 Å². The molecule has 0 unspecified atom stereocenters. The van der Waals surface area contributed by atoms with Gasteiger partial charge in [-0.15, -0.1) is 18.2 Å². The SMILES string of the molecule is C#CCSCCN1C(=O)NC(=O)C2(CCCCCC2)C1=O. The van der Waals surface area contributed by atoms with Gasteiger partial charge in [0.15, 0.2) is 0 Å². The third kappa shape index (κ3) is 3.24. The van der Waals surface area contributed by atoms with Gasteiger partial charge in [-0.2, -0.15) is 0 Å².